The average Bonchev–Trinajstić information content (AvgIpc) is 2.61. The Hall–Kier alpha value is -0.643. The molecule has 0 atom stereocenters. The van der Waals surface area contributed by atoms with E-state index in [2.05, 4.69) is 61.3 Å². The molecule has 0 aromatic heterocycles. The molecule has 0 saturated heterocycles. The number of rotatable bonds is 0. The van der Waals surface area contributed by atoms with Gasteiger partial charge in [-0.1, -0.05) is 34.6 Å². The second kappa shape index (κ2) is 19.4. The molecule has 0 unspecified atom stereocenters. The molecule has 0 spiro atoms. The minimum absolute atomic E-state index is 0. The molecule has 0 N–H and O–H groups in total. The smallest absolute Gasteiger partial charge is 0 e. The van der Waals surface area contributed by atoms with Crippen LogP contribution in [0.1, 0.15) is 34.6 Å². The minimum Gasteiger partial charge on any atom is 0 e. The second-order valence-corrected chi connectivity index (χ2v) is 4.99. The molecule has 0 heterocycles. The first-order chi connectivity index (χ1) is 9.97. The zero-order valence-corrected chi connectivity index (χ0v) is 16.7. The summed E-state index contributed by atoms with van der Waals surface area (Å²) in [5, 5.41) is 0. The Labute approximate surface area is 151 Å². The molecule has 1 radical (unpaired) electrons. The molecule has 23 heavy (non-hydrogen) atoms. The van der Waals surface area contributed by atoms with Crippen molar-refractivity contribution in [1.82, 2.24) is 0 Å². The molecular weight excluding hydrogens is 485 g/mol. The van der Waals surface area contributed by atoms with E-state index >= 15 is 0 Å². The number of terminal acetylenes is 1. The maximum atomic E-state index is 9.75. The van der Waals surface area contributed by atoms with Crippen molar-refractivity contribution in [1.29, 1.82) is 0 Å². The van der Waals surface area contributed by atoms with E-state index < -0.39 is 7.25 Å². The van der Waals surface area contributed by atoms with Crippen LogP contribution in [0.3, 0.4) is 0 Å². The van der Waals surface area contributed by atoms with Crippen LogP contribution in [0.4, 0.5) is 17.3 Å². The Bertz CT molecular complexity index is 283. The third-order valence-corrected chi connectivity index (χ3v) is 4.15. The fraction of sp³-hybridized carbons (Fsp3) is 0.667. The molecule has 2 nitrogen and oxygen atoms in total. The van der Waals surface area contributed by atoms with Crippen molar-refractivity contribution in [2.45, 2.75) is 34.6 Å². The van der Waals surface area contributed by atoms with Crippen molar-refractivity contribution in [2.75, 3.05) is 0 Å². The summed E-state index contributed by atoms with van der Waals surface area (Å²) < 4.78 is 54.0. The monoisotopic (exact) mass is 509 g/mol. The topological polar surface area (TPSA) is 39.8 Å². The summed E-state index contributed by atoms with van der Waals surface area (Å²) in [4.78, 5) is 0. The van der Waals surface area contributed by atoms with Gasteiger partial charge in [0.1, 0.15) is 0 Å². The van der Waals surface area contributed by atoms with E-state index in [1.807, 2.05) is 5.92 Å². The van der Waals surface area contributed by atoms with Crippen LogP contribution in [0, 0.1) is 62.2 Å². The molecule has 1 saturated carbocycles. The Kier molecular flexibility index (Phi) is 28.6. The molecule has 1 rings (SSSR count). The quantitative estimate of drug-likeness (QED) is 0.148. The predicted molar refractivity (Wildman–Crippen MR) is 78.1 cm³/mol. The molecule has 8 heteroatoms. The molecule has 0 aliphatic heterocycles. The Morgan fingerprint density at radius 3 is 0.870 bits per heavy atom. The first-order valence-corrected chi connectivity index (χ1v) is 6.48. The van der Waals surface area contributed by atoms with Gasteiger partial charge in [-0.15, -0.1) is 0 Å². The Balaban J connectivity index is -0.0000000712. The molecule has 0 bridgehead atoms. The van der Waals surface area contributed by atoms with Crippen LogP contribution in [0.25, 0.3) is 0 Å². The van der Waals surface area contributed by atoms with E-state index in [9.17, 15) is 17.3 Å². The van der Waals surface area contributed by atoms with Gasteiger partial charge in [-0.3, -0.25) is 0 Å². The van der Waals surface area contributed by atoms with Gasteiger partial charge in [-0.05, 0) is 29.6 Å². The van der Waals surface area contributed by atoms with E-state index in [1.54, 1.807) is 0 Å². The Morgan fingerprint density at radius 2 is 0.826 bits per heavy atom. The average molecular weight is 508 g/mol. The van der Waals surface area contributed by atoms with E-state index in [-0.39, 0.29) is 20.4 Å². The maximum absolute atomic E-state index is 9.75. The van der Waals surface area contributed by atoms with Crippen molar-refractivity contribution in [3.63, 3.8) is 0 Å². The van der Waals surface area contributed by atoms with Crippen molar-refractivity contribution in [3.05, 3.63) is 20.2 Å². The fourth-order valence-electron chi connectivity index (χ4n) is 2.39. The van der Waals surface area contributed by atoms with Gasteiger partial charge < -0.3 is 29.6 Å². The molecule has 0 aromatic rings. The van der Waals surface area contributed by atoms with Gasteiger partial charge in [-0.25, -0.2) is 0 Å². The van der Waals surface area contributed by atoms with Crippen LogP contribution >= 0.6 is 0 Å². The molecule has 1 aliphatic rings. The van der Waals surface area contributed by atoms with Gasteiger partial charge in [0.25, 0.3) is 0 Å². The largest absolute Gasteiger partial charge is 0 e. The zero-order chi connectivity index (χ0) is 19.1. The summed E-state index contributed by atoms with van der Waals surface area (Å²) in [6.45, 7) is 24.0. The summed E-state index contributed by atoms with van der Waals surface area (Å²) in [5.74, 6) is 6.68. The SMILES string of the molecule is C#C[CH2-].CC1C(C)C(C)C(C)C1C.F[B-](F)(F)F.[C-]#[O+].[C-]#[O+].[Re]. The van der Waals surface area contributed by atoms with E-state index in [0.717, 1.165) is 29.6 Å². The normalized spacial score (nSPS) is 27.2. The van der Waals surface area contributed by atoms with Crippen LogP contribution in [-0.4, -0.2) is 7.25 Å². The van der Waals surface area contributed by atoms with Gasteiger partial charge in [0.15, 0.2) is 0 Å². The van der Waals surface area contributed by atoms with Gasteiger partial charge in [-0.2, -0.15) is 6.92 Å². The summed E-state index contributed by atoms with van der Waals surface area (Å²) in [5.41, 5.74) is 0. The first-order valence-electron chi connectivity index (χ1n) is 6.48. The van der Waals surface area contributed by atoms with Crippen molar-refractivity contribution < 1.29 is 47.0 Å². The predicted octanol–water partition coefficient (Wildman–Crippen LogP) is 4.86. The summed E-state index contributed by atoms with van der Waals surface area (Å²) in [6.07, 6.45) is 4.49. The second-order valence-electron chi connectivity index (χ2n) is 4.99. The van der Waals surface area contributed by atoms with Crippen LogP contribution in [0.5, 0.6) is 0 Å². The molecular formula is C15H23BF4O2Re-2. The summed E-state index contributed by atoms with van der Waals surface area (Å²) in [6, 6.07) is 0. The number of hydrogen-bond acceptors (Lipinski definition) is 0. The van der Waals surface area contributed by atoms with Crippen molar-refractivity contribution in [2.24, 2.45) is 29.6 Å². The maximum Gasteiger partial charge on any atom is 0 e. The standard InChI is InChI=1S/C10H20.C3H3.2CO.BF4.Re/c1-6-7(2)9(4)10(5)8(6)3;1-3-2;2*1-2;2-1(3,4)5;/h6-10H,1-5H3;1H,2H2;;;;/q;-1;;;-1;. The van der Waals surface area contributed by atoms with Crippen LogP contribution < -0.4 is 0 Å². The summed E-state index contributed by atoms with van der Waals surface area (Å²) in [7, 11) is -6.00. The molecule has 1 aliphatic carbocycles. The number of hydrogen-bond donors (Lipinski definition) is 0. The molecule has 1 fully saturated rings. The van der Waals surface area contributed by atoms with Gasteiger partial charge in [0, 0.05) is 20.4 Å². The third kappa shape index (κ3) is 21.4. The number of halogens is 4. The van der Waals surface area contributed by atoms with Crippen molar-refractivity contribution >= 4 is 7.25 Å². The third-order valence-electron chi connectivity index (χ3n) is 4.15. The van der Waals surface area contributed by atoms with E-state index in [1.165, 1.54) is 0 Å². The zero-order valence-electron chi connectivity index (χ0n) is 14.0. The van der Waals surface area contributed by atoms with E-state index in [4.69, 9.17) is 9.30 Å². The first kappa shape index (κ1) is 33.8. The minimum atomic E-state index is -6.00. The van der Waals surface area contributed by atoms with Crippen LogP contribution in [-0.2, 0) is 29.7 Å². The summed E-state index contributed by atoms with van der Waals surface area (Å²) >= 11 is 0. The van der Waals surface area contributed by atoms with E-state index in [0.29, 0.717) is 0 Å². The van der Waals surface area contributed by atoms with Gasteiger partial charge in [0.2, 0.25) is 0 Å². The Morgan fingerprint density at radius 1 is 0.783 bits per heavy atom. The molecule has 0 aromatic carbocycles. The van der Waals surface area contributed by atoms with Crippen molar-refractivity contribution in [3.8, 4) is 12.3 Å². The van der Waals surface area contributed by atoms with Gasteiger partial charge in [0.05, 0.1) is 0 Å². The van der Waals surface area contributed by atoms with Gasteiger partial charge >= 0.3 is 29.9 Å². The van der Waals surface area contributed by atoms with Crippen LogP contribution in [0.2, 0.25) is 0 Å². The molecule has 135 valence electrons. The fourth-order valence-corrected chi connectivity index (χ4v) is 2.39. The van der Waals surface area contributed by atoms with Crippen LogP contribution in [0.15, 0.2) is 0 Å². The molecule has 0 amide bonds.